The molecule has 19 unspecified atom stereocenters. The number of unbranched alkanes of at least 4 members (excludes halogenated alkanes) is 9. The Morgan fingerprint density at radius 2 is 0.777 bits per heavy atom. The number of aliphatic hydroxyl groups excluding tert-OH is 9. The van der Waals surface area contributed by atoms with Crippen LogP contribution < -0.4 is 54.8 Å². The Morgan fingerprint density at radius 3 is 1.11 bits per heavy atom. The second kappa shape index (κ2) is 43.7. The minimum Gasteiger partial charge on any atom is -0.508 e. The van der Waals surface area contributed by atoms with Gasteiger partial charge in [-0.15, -0.1) is 0 Å². The van der Waals surface area contributed by atoms with E-state index in [4.69, 9.17) is 51.4 Å². The number of phenolic OH excluding ortho intramolecular Hbond substituents is 1. The molecule has 7 amide bonds. The molecule has 33 heteroatoms. The van der Waals surface area contributed by atoms with Crippen molar-refractivity contribution in [2.45, 2.75) is 239 Å². The number of carbonyl (C=O) groups excluding carboxylic acids is 7. The lowest BCUT2D eigenvalue weighted by molar-refractivity contribution is -0.265. The first-order valence-corrected chi connectivity index (χ1v) is 32.7. The zero-order valence-electron chi connectivity index (χ0n) is 53.7. The smallest absolute Gasteiger partial charge is 0.242 e. The number of primary amides is 1. The molecule has 0 radical (unpaired) electrons. The van der Waals surface area contributed by atoms with Crippen LogP contribution in [-0.4, -0.2) is 262 Å². The third-order valence-electron chi connectivity index (χ3n) is 16.6. The lowest BCUT2D eigenvalue weighted by Gasteiger charge is -2.40. The minimum atomic E-state index is -1.39. The topological polar surface area (TPSA) is 553 Å². The highest BCUT2D eigenvalue weighted by atomic mass is 16.7. The molecular weight excluding hydrogens is 1240 g/mol. The predicted octanol–water partition coefficient (Wildman–Crippen LogP) is -5.77. The van der Waals surface area contributed by atoms with E-state index < -0.39 is 184 Å². The number of aliphatic hydroxyl groups is 9. The van der Waals surface area contributed by atoms with Gasteiger partial charge in [0.25, 0.3) is 0 Å². The SMILES string of the molecule is CC(Cc1ccc(O)cc1)C(=O)NC(CCC(=O)NC(CCC(=O)NC(CCC(N)=O)C(=O)NCCCCCCOC1OC(CO)C(O)C(O)C1N)C(=O)NCCCCCCOC1OC(CO)C(O)C(O)C1N)C(=O)NCCCCCCOC1OC(CO)C(O)C(O)C1N. The number of rotatable bonds is 45. The van der Waals surface area contributed by atoms with Crippen molar-refractivity contribution in [3.8, 4) is 5.75 Å². The summed E-state index contributed by atoms with van der Waals surface area (Å²) in [7, 11) is 0. The fraction of sp³-hybridized carbons (Fsp3) is 0.787. The molecule has 33 nitrogen and oxygen atoms in total. The third kappa shape index (κ3) is 28.0. The van der Waals surface area contributed by atoms with Gasteiger partial charge in [0.2, 0.25) is 41.4 Å². The maximum atomic E-state index is 13.9. The van der Waals surface area contributed by atoms with Crippen LogP contribution >= 0.6 is 0 Å². The van der Waals surface area contributed by atoms with E-state index in [9.17, 15) is 84.6 Å². The average molecular weight is 1350 g/mol. The molecule has 0 saturated carbocycles. The van der Waals surface area contributed by atoms with E-state index in [1.807, 2.05) is 0 Å². The highest BCUT2D eigenvalue weighted by molar-refractivity contribution is 5.91. The van der Waals surface area contributed by atoms with Gasteiger partial charge < -0.3 is 134 Å². The molecule has 3 saturated heterocycles. The molecule has 94 heavy (non-hydrogen) atoms. The van der Waals surface area contributed by atoms with E-state index in [1.54, 1.807) is 19.1 Å². The van der Waals surface area contributed by atoms with Gasteiger partial charge in [-0.3, -0.25) is 33.6 Å². The van der Waals surface area contributed by atoms with Gasteiger partial charge in [0.1, 0.15) is 78.8 Å². The van der Waals surface area contributed by atoms with E-state index in [1.165, 1.54) is 12.1 Å². The van der Waals surface area contributed by atoms with Gasteiger partial charge in [-0.1, -0.05) is 57.6 Å². The molecule has 0 aromatic heterocycles. The normalized spacial score (nSPS) is 27.4. The quantitative estimate of drug-likeness (QED) is 0.0271. The molecular formula is C61H106N10O23. The maximum absolute atomic E-state index is 13.9. The Hall–Kier alpha value is -5.41. The molecule has 19 atom stereocenters. The average Bonchev–Trinajstić information content (AvgIpc) is 0.889. The molecule has 3 fully saturated rings. The van der Waals surface area contributed by atoms with Crippen LogP contribution in [0.3, 0.4) is 0 Å². The molecule has 1 aromatic carbocycles. The molecule has 24 N–H and O–H groups in total. The number of hydrogen-bond acceptors (Lipinski definition) is 26. The summed E-state index contributed by atoms with van der Waals surface area (Å²) < 4.78 is 33.5. The van der Waals surface area contributed by atoms with Gasteiger partial charge in [0.15, 0.2) is 18.9 Å². The number of benzene rings is 1. The van der Waals surface area contributed by atoms with Crippen LogP contribution in [0.5, 0.6) is 5.75 Å². The highest BCUT2D eigenvalue weighted by Gasteiger charge is 2.45. The number of ether oxygens (including phenoxy) is 6. The molecule has 3 aliphatic rings. The molecule has 4 rings (SSSR count). The zero-order chi connectivity index (χ0) is 69.3. The van der Waals surface area contributed by atoms with Crippen LogP contribution in [0.4, 0.5) is 0 Å². The number of aromatic hydroxyl groups is 1. The van der Waals surface area contributed by atoms with Gasteiger partial charge >= 0.3 is 0 Å². The third-order valence-corrected chi connectivity index (χ3v) is 16.6. The lowest BCUT2D eigenvalue weighted by Crippen LogP contribution is -2.62. The van der Waals surface area contributed by atoms with Crippen LogP contribution in [0, 0.1) is 5.92 Å². The molecule has 1 aromatic rings. The first-order chi connectivity index (χ1) is 44.9. The Bertz CT molecular complexity index is 2410. The Labute approximate surface area is 547 Å². The summed E-state index contributed by atoms with van der Waals surface area (Å²) in [4.78, 5) is 94.1. The first kappa shape index (κ1) is 81.0. The molecule has 0 spiro atoms. The number of carbonyl (C=O) groups is 7. The standard InChI is InChI=1S/C61H106N10O23/c1-34(30-35-14-16-36(75)17-15-35)55(85)71-39(58(88)68-26-10-4-7-13-29-91-61-48(65)54(84)51(81)42(33-74)94-61)20-23-45(78)70-38(57(87)67-25-9-3-6-12-28-90-60-47(64)53(83)50(80)41(32-73)93-60)19-22-44(77)69-37(18-21-43(62)76)56(86)66-24-8-2-5-11-27-89-59-46(63)52(82)49(79)40(31-72)92-59/h14-17,34,37-42,46-54,59-61,72-75,79-84H,2-13,18-33,63-65H2,1H3,(H2,62,76)(H,66,86)(H,67,87)(H,68,88)(H,69,77)(H,70,78)(H,71,85). The van der Waals surface area contributed by atoms with Crippen molar-refractivity contribution in [2.24, 2.45) is 28.9 Å². The fourth-order valence-corrected chi connectivity index (χ4v) is 10.7. The van der Waals surface area contributed by atoms with Gasteiger partial charge in [0, 0.05) is 64.6 Å². The van der Waals surface area contributed by atoms with Crippen molar-refractivity contribution >= 4 is 41.4 Å². The summed E-state index contributed by atoms with van der Waals surface area (Å²) in [5, 5.41) is 115. The second-order valence-corrected chi connectivity index (χ2v) is 24.2. The van der Waals surface area contributed by atoms with Gasteiger partial charge in [-0.2, -0.15) is 0 Å². The second-order valence-electron chi connectivity index (χ2n) is 24.2. The summed E-state index contributed by atoms with van der Waals surface area (Å²) >= 11 is 0. The summed E-state index contributed by atoms with van der Waals surface area (Å²) in [6.45, 7) is 1.09. The van der Waals surface area contributed by atoms with Crippen molar-refractivity contribution in [2.75, 3.05) is 59.3 Å². The lowest BCUT2D eigenvalue weighted by atomic mass is 9.98. The molecule has 3 heterocycles. The first-order valence-electron chi connectivity index (χ1n) is 32.7. The van der Waals surface area contributed by atoms with E-state index in [0.717, 1.165) is 5.56 Å². The monoisotopic (exact) mass is 1350 g/mol. The van der Waals surface area contributed by atoms with Crippen LogP contribution in [0.15, 0.2) is 24.3 Å². The maximum Gasteiger partial charge on any atom is 0.242 e. The number of hydrogen-bond donors (Lipinski definition) is 20. The van der Waals surface area contributed by atoms with Gasteiger partial charge in [0.05, 0.1) is 37.9 Å². The summed E-state index contributed by atoms with van der Waals surface area (Å²) in [5.41, 5.74) is 24.0. The molecule has 3 aliphatic heterocycles. The number of nitrogens with one attached hydrogen (secondary N) is 6. The predicted molar refractivity (Wildman–Crippen MR) is 333 cm³/mol. The minimum absolute atomic E-state index is 0.0399. The summed E-state index contributed by atoms with van der Waals surface area (Å²) in [6, 6.07) is -0.609. The van der Waals surface area contributed by atoms with Crippen molar-refractivity contribution in [3.05, 3.63) is 29.8 Å². The Balaban J connectivity index is 1.35. The number of phenols is 1. The van der Waals surface area contributed by atoms with Crippen molar-refractivity contribution in [1.82, 2.24) is 31.9 Å². The van der Waals surface area contributed by atoms with Gasteiger partial charge in [-0.25, -0.2) is 0 Å². The highest BCUT2D eigenvalue weighted by Crippen LogP contribution is 2.24. The molecule has 0 aliphatic carbocycles. The largest absolute Gasteiger partial charge is 0.508 e. The van der Waals surface area contributed by atoms with Crippen LogP contribution in [0.1, 0.15) is 128 Å². The van der Waals surface area contributed by atoms with E-state index in [-0.39, 0.29) is 83.7 Å². The fourth-order valence-electron chi connectivity index (χ4n) is 10.7. The van der Waals surface area contributed by atoms with Crippen LogP contribution in [0.25, 0.3) is 0 Å². The Morgan fingerprint density at radius 1 is 0.457 bits per heavy atom. The number of amides is 7. The van der Waals surface area contributed by atoms with Crippen LogP contribution in [0.2, 0.25) is 0 Å². The van der Waals surface area contributed by atoms with Crippen molar-refractivity contribution < 1.29 is 113 Å². The summed E-state index contributed by atoms with van der Waals surface area (Å²) in [5.74, 6) is -5.09. The van der Waals surface area contributed by atoms with Crippen molar-refractivity contribution in [1.29, 1.82) is 0 Å². The number of nitrogens with two attached hydrogens (primary N) is 4. The van der Waals surface area contributed by atoms with Crippen molar-refractivity contribution in [3.63, 3.8) is 0 Å². The van der Waals surface area contributed by atoms with E-state index in [0.29, 0.717) is 77.0 Å². The van der Waals surface area contributed by atoms with Crippen LogP contribution in [-0.2, 0) is 68.4 Å². The zero-order valence-corrected chi connectivity index (χ0v) is 53.7. The molecule has 0 bridgehead atoms. The molecule has 538 valence electrons. The Kier molecular flexibility index (Phi) is 37.7. The van der Waals surface area contributed by atoms with E-state index >= 15 is 0 Å². The summed E-state index contributed by atoms with van der Waals surface area (Å²) in [6.07, 6.45) is -9.13. The van der Waals surface area contributed by atoms with E-state index in [2.05, 4.69) is 31.9 Å². The van der Waals surface area contributed by atoms with Gasteiger partial charge in [-0.05, 0) is 81.9 Å².